The molecule has 3 heteroatoms. The van der Waals surface area contributed by atoms with Gasteiger partial charge in [-0.05, 0) is 44.2 Å². The van der Waals surface area contributed by atoms with Crippen molar-refractivity contribution < 1.29 is 5.11 Å². The third-order valence-corrected chi connectivity index (χ3v) is 2.76. The molecule has 0 spiro atoms. The maximum absolute atomic E-state index is 9.79. The van der Waals surface area contributed by atoms with Crippen LogP contribution in [-0.2, 0) is 6.42 Å². The Balaban J connectivity index is 2.43. The second kappa shape index (κ2) is 3.95. The molecule has 0 radical (unpaired) electrons. The second-order valence-corrected chi connectivity index (χ2v) is 3.88. The number of nitrogens with one attached hydrogen (secondary N) is 1. The lowest BCUT2D eigenvalue weighted by Gasteiger charge is -2.09. The van der Waals surface area contributed by atoms with Crippen molar-refractivity contribution in [3.05, 3.63) is 36.2 Å². The molecule has 0 fully saturated rings. The molecule has 0 amide bonds. The molecule has 2 aromatic heterocycles. The van der Waals surface area contributed by atoms with Gasteiger partial charge in [-0.1, -0.05) is 0 Å². The minimum absolute atomic E-state index is 0.348. The number of fused-ring (bicyclic) bond motifs is 1. The molecule has 0 saturated carbocycles. The van der Waals surface area contributed by atoms with E-state index in [0.717, 1.165) is 11.9 Å². The molecule has 0 aliphatic rings. The lowest BCUT2D eigenvalue weighted by molar-refractivity contribution is 0.478. The molecule has 3 nitrogen and oxygen atoms in total. The van der Waals surface area contributed by atoms with E-state index in [1.54, 1.807) is 6.07 Å². The zero-order chi connectivity index (χ0) is 10.8. The van der Waals surface area contributed by atoms with Gasteiger partial charge in [-0.25, -0.2) is 0 Å². The van der Waals surface area contributed by atoms with E-state index in [9.17, 15) is 5.11 Å². The van der Waals surface area contributed by atoms with E-state index in [-0.39, 0.29) is 0 Å². The normalized spacial score (nSPS) is 13.2. The topological polar surface area (TPSA) is 36.7 Å². The molecule has 0 aromatic carbocycles. The van der Waals surface area contributed by atoms with Gasteiger partial charge in [-0.15, -0.1) is 0 Å². The number of nitrogens with zero attached hydrogens (tertiary/aromatic N) is 1. The van der Waals surface area contributed by atoms with Crippen molar-refractivity contribution in [3.8, 4) is 5.75 Å². The molecule has 2 N–H and O–H groups in total. The fraction of sp³-hybridized carbons (Fsp3) is 0.333. The molecule has 0 aliphatic carbocycles. The highest BCUT2D eigenvalue weighted by Gasteiger charge is 2.09. The number of pyridine rings is 1. The van der Waals surface area contributed by atoms with Gasteiger partial charge in [0.2, 0.25) is 0 Å². The van der Waals surface area contributed by atoms with Crippen LogP contribution in [0.1, 0.15) is 12.5 Å². The minimum atomic E-state index is 0.348. The van der Waals surface area contributed by atoms with Crippen LogP contribution in [0, 0.1) is 0 Å². The van der Waals surface area contributed by atoms with Crippen molar-refractivity contribution >= 4 is 5.52 Å². The quantitative estimate of drug-likeness (QED) is 0.799. The monoisotopic (exact) mass is 204 g/mol. The lowest BCUT2D eigenvalue weighted by Crippen LogP contribution is -2.23. The fourth-order valence-electron chi connectivity index (χ4n) is 1.81. The maximum Gasteiger partial charge on any atom is 0.139 e. The van der Waals surface area contributed by atoms with Gasteiger partial charge in [-0.2, -0.15) is 0 Å². The van der Waals surface area contributed by atoms with E-state index in [1.807, 2.05) is 29.9 Å². The summed E-state index contributed by atoms with van der Waals surface area (Å²) in [6, 6.07) is 6.04. The van der Waals surface area contributed by atoms with Crippen molar-refractivity contribution in [2.45, 2.75) is 19.4 Å². The van der Waals surface area contributed by atoms with Gasteiger partial charge in [0, 0.05) is 18.4 Å². The fourth-order valence-corrected chi connectivity index (χ4v) is 1.81. The summed E-state index contributed by atoms with van der Waals surface area (Å²) in [6.07, 6.45) is 4.85. The zero-order valence-electron chi connectivity index (χ0n) is 9.07. The minimum Gasteiger partial charge on any atom is -0.506 e. The van der Waals surface area contributed by atoms with Gasteiger partial charge in [0.25, 0.3) is 0 Å². The average molecular weight is 204 g/mol. The summed E-state index contributed by atoms with van der Waals surface area (Å²) in [5.41, 5.74) is 2.09. The Morgan fingerprint density at radius 2 is 2.20 bits per heavy atom. The molecule has 2 rings (SSSR count). The maximum atomic E-state index is 9.79. The summed E-state index contributed by atoms with van der Waals surface area (Å²) in [7, 11) is 1.95. The van der Waals surface area contributed by atoms with Crippen molar-refractivity contribution in [1.82, 2.24) is 9.72 Å². The van der Waals surface area contributed by atoms with E-state index in [2.05, 4.69) is 18.3 Å². The third kappa shape index (κ3) is 1.83. The summed E-state index contributed by atoms with van der Waals surface area (Å²) in [5.74, 6) is 0.348. The highest BCUT2D eigenvalue weighted by Crippen LogP contribution is 2.23. The molecule has 15 heavy (non-hydrogen) atoms. The third-order valence-electron chi connectivity index (χ3n) is 2.76. The molecule has 80 valence electrons. The first-order valence-electron chi connectivity index (χ1n) is 5.17. The SMILES string of the molecule is CNC(C)Cc1ccn2cccc(O)c12. The molecule has 2 heterocycles. The number of hydrogen-bond donors (Lipinski definition) is 2. The molecule has 1 unspecified atom stereocenters. The number of aromatic nitrogens is 1. The predicted octanol–water partition coefficient (Wildman–Crippen LogP) is 1.80. The van der Waals surface area contributed by atoms with Crippen molar-refractivity contribution in [3.63, 3.8) is 0 Å². The Morgan fingerprint density at radius 1 is 1.40 bits per heavy atom. The first-order chi connectivity index (χ1) is 7.22. The molecular weight excluding hydrogens is 188 g/mol. The smallest absolute Gasteiger partial charge is 0.139 e. The Labute approximate surface area is 89.4 Å². The van der Waals surface area contributed by atoms with Crippen LogP contribution in [0.5, 0.6) is 5.75 Å². The summed E-state index contributed by atoms with van der Waals surface area (Å²) >= 11 is 0. The van der Waals surface area contributed by atoms with E-state index in [0.29, 0.717) is 11.8 Å². The van der Waals surface area contributed by atoms with Crippen LogP contribution in [0.3, 0.4) is 0 Å². The van der Waals surface area contributed by atoms with Crippen LogP contribution in [0.2, 0.25) is 0 Å². The summed E-state index contributed by atoms with van der Waals surface area (Å²) in [4.78, 5) is 0. The van der Waals surface area contributed by atoms with Gasteiger partial charge in [0.05, 0.1) is 5.52 Å². The van der Waals surface area contributed by atoms with E-state index in [1.165, 1.54) is 5.56 Å². The van der Waals surface area contributed by atoms with Crippen molar-refractivity contribution in [1.29, 1.82) is 0 Å². The first kappa shape index (κ1) is 10.1. The van der Waals surface area contributed by atoms with Gasteiger partial charge < -0.3 is 14.8 Å². The summed E-state index contributed by atoms with van der Waals surface area (Å²) in [6.45, 7) is 2.13. The Morgan fingerprint density at radius 3 is 2.93 bits per heavy atom. The highest BCUT2D eigenvalue weighted by atomic mass is 16.3. The zero-order valence-corrected chi connectivity index (χ0v) is 9.07. The number of hydrogen-bond acceptors (Lipinski definition) is 2. The molecule has 0 saturated heterocycles. The highest BCUT2D eigenvalue weighted by molar-refractivity contribution is 5.65. The van der Waals surface area contributed by atoms with Crippen LogP contribution in [0.25, 0.3) is 5.52 Å². The first-order valence-corrected chi connectivity index (χ1v) is 5.17. The summed E-state index contributed by atoms with van der Waals surface area (Å²) in [5, 5.41) is 13.0. The number of rotatable bonds is 3. The van der Waals surface area contributed by atoms with E-state index >= 15 is 0 Å². The molecule has 0 bridgehead atoms. The molecule has 2 aromatic rings. The standard InChI is InChI=1S/C12H16N2O/c1-9(13-2)8-10-5-7-14-6-3-4-11(15)12(10)14/h3-7,9,13,15H,8H2,1-2H3. The number of aromatic hydroxyl groups is 1. The Bertz CT molecular complexity index is 462. The second-order valence-electron chi connectivity index (χ2n) is 3.88. The van der Waals surface area contributed by atoms with Crippen LogP contribution in [0.4, 0.5) is 0 Å². The van der Waals surface area contributed by atoms with E-state index < -0.39 is 0 Å². The lowest BCUT2D eigenvalue weighted by atomic mass is 10.1. The molecule has 0 aliphatic heterocycles. The number of likely N-dealkylation sites (N-methyl/N-ethyl adjacent to an activating group) is 1. The van der Waals surface area contributed by atoms with Crippen LogP contribution in [0.15, 0.2) is 30.6 Å². The molecular formula is C12H16N2O. The average Bonchev–Trinajstić information content (AvgIpc) is 2.63. The van der Waals surface area contributed by atoms with Crippen LogP contribution in [-0.4, -0.2) is 22.6 Å². The predicted molar refractivity (Wildman–Crippen MR) is 61.3 cm³/mol. The van der Waals surface area contributed by atoms with E-state index in [4.69, 9.17) is 0 Å². The van der Waals surface area contributed by atoms with Crippen LogP contribution < -0.4 is 5.32 Å². The van der Waals surface area contributed by atoms with Crippen LogP contribution >= 0.6 is 0 Å². The van der Waals surface area contributed by atoms with Gasteiger partial charge >= 0.3 is 0 Å². The van der Waals surface area contributed by atoms with Gasteiger partial charge in [0.15, 0.2) is 0 Å². The Kier molecular flexibility index (Phi) is 2.64. The largest absolute Gasteiger partial charge is 0.506 e. The summed E-state index contributed by atoms with van der Waals surface area (Å²) < 4.78 is 1.95. The van der Waals surface area contributed by atoms with Crippen molar-refractivity contribution in [2.75, 3.05) is 7.05 Å². The molecule has 1 atom stereocenters. The Hall–Kier alpha value is -1.48. The van der Waals surface area contributed by atoms with Crippen molar-refractivity contribution in [2.24, 2.45) is 0 Å². The van der Waals surface area contributed by atoms with Gasteiger partial charge in [0.1, 0.15) is 5.75 Å². The van der Waals surface area contributed by atoms with Gasteiger partial charge in [-0.3, -0.25) is 0 Å².